The van der Waals surface area contributed by atoms with Crippen molar-refractivity contribution in [2.75, 3.05) is 46.3 Å². The zero-order valence-corrected chi connectivity index (χ0v) is 17.2. The first kappa shape index (κ1) is 22.1. The van der Waals surface area contributed by atoms with E-state index in [1.54, 1.807) is 0 Å². The minimum Gasteiger partial charge on any atom is -0.340 e. The van der Waals surface area contributed by atoms with E-state index >= 15 is 0 Å². The Hall–Kier alpha value is -2.60. The Morgan fingerprint density at radius 2 is 1.77 bits per heavy atom. The molecule has 2 fully saturated rings. The van der Waals surface area contributed by atoms with Crippen molar-refractivity contribution < 1.29 is 31.6 Å². The first-order valence-corrected chi connectivity index (χ1v) is 10.8. The number of hydrogen-bond acceptors (Lipinski definition) is 5. The van der Waals surface area contributed by atoms with Crippen molar-refractivity contribution in [3.8, 4) is 0 Å². The topological polar surface area (TPSA) is 98.3 Å². The lowest BCUT2D eigenvalue weighted by atomic mass is 10.2. The number of urea groups is 1. The second kappa shape index (κ2) is 8.64. The molecule has 164 valence electrons. The van der Waals surface area contributed by atoms with Crippen molar-refractivity contribution in [2.45, 2.75) is 17.7 Å². The summed E-state index contributed by atoms with van der Waals surface area (Å²) in [4.78, 5) is 39.2. The highest BCUT2D eigenvalue weighted by atomic mass is 32.2. The van der Waals surface area contributed by atoms with Gasteiger partial charge in [-0.3, -0.25) is 14.5 Å². The smallest absolute Gasteiger partial charge is 0.326 e. The molecule has 0 unspecified atom stereocenters. The molecule has 0 atom stereocenters. The molecular formula is C18H22F2N4O5S. The number of benzene rings is 1. The summed E-state index contributed by atoms with van der Waals surface area (Å²) in [6, 6.07) is 1.89. The van der Waals surface area contributed by atoms with Crippen LogP contribution in [0.4, 0.5) is 13.6 Å². The molecule has 4 amide bonds. The number of carbonyl (C=O) groups is 3. The molecule has 12 heteroatoms. The van der Waals surface area contributed by atoms with E-state index in [2.05, 4.69) is 0 Å². The molecule has 0 spiro atoms. The molecule has 2 heterocycles. The van der Waals surface area contributed by atoms with Crippen molar-refractivity contribution in [3.63, 3.8) is 0 Å². The van der Waals surface area contributed by atoms with Gasteiger partial charge in [0.25, 0.3) is 0 Å². The average Bonchev–Trinajstić information content (AvgIpc) is 2.93. The zero-order chi connectivity index (χ0) is 22.1. The van der Waals surface area contributed by atoms with Gasteiger partial charge >= 0.3 is 6.03 Å². The van der Waals surface area contributed by atoms with Crippen LogP contribution in [0.5, 0.6) is 0 Å². The third kappa shape index (κ3) is 4.43. The normalized spacial score (nSPS) is 18.4. The van der Waals surface area contributed by atoms with Crippen molar-refractivity contribution in [1.82, 2.24) is 19.0 Å². The van der Waals surface area contributed by atoms with Gasteiger partial charge in [-0.15, -0.1) is 0 Å². The molecule has 0 aromatic heterocycles. The van der Waals surface area contributed by atoms with Crippen LogP contribution in [0.2, 0.25) is 0 Å². The van der Waals surface area contributed by atoms with Crippen LogP contribution in [0, 0.1) is 11.6 Å². The molecule has 0 radical (unpaired) electrons. The number of nitrogens with zero attached hydrogens (tertiary/aromatic N) is 4. The van der Waals surface area contributed by atoms with Crippen molar-refractivity contribution in [3.05, 3.63) is 29.8 Å². The summed E-state index contributed by atoms with van der Waals surface area (Å²) in [5.41, 5.74) is 0. The first-order valence-electron chi connectivity index (χ1n) is 9.39. The lowest BCUT2D eigenvalue weighted by Gasteiger charge is -2.34. The first-order chi connectivity index (χ1) is 14.1. The van der Waals surface area contributed by atoms with Crippen LogP contribution in [-0.4, -0.2) is 91.6 Å². The van der Waals surface area contributed by atoms with Gasteiger partial charge in [0.15, 0.2) is 0 Å². The number of likely N-dealkylation sites (N-methyl/N-ethyl adjacent to an activating group) is 1. The van der Waals surface area contributed by atoms with Crippen molar-refractivity contribution in [1.29, 1.82) is 0 Å². The van der Waals surface area contributed by atoms with Gasteiger partial charge in [-0.2, -0.15) is 4.31 Å². The largest absolute Gasteiger partial charge is 0.340 e. The highest BCUT2D eigenvalue weighted by molar-refractivity contribution is 7.89. The summed E-state index contributed by atoms with van der Waals surface area (Å²) in [5.74, 6) is -2.55. The quantitative estimate of drug-likeness (QED) is 0.594. The Kier molecular flexibility index (Phi) is 6.36. The fraction of sp³-hybridized carbons (Fsp3) is 0.500. The highest BCUT2D eigenvalue weighted by Crippen LogP contribution is 2.21. The van der Waals surface area contributed by atoms with Gasteiger partial charge in [0.1, 0.15) is 23.1 Å². The number of sulfonamides is 1. The average molecular weight is 444 g/mol. The molecule has 2 saturated heterocycles. The summed E-state index contributed by atoms with van der Waals surface area (Å²) in [6.07, 6.45) is 0.420. The zero-order valence-electron chi connectivity index (χ0n) is 16.4. The van der Waals surface area contributed by atoms with Gasteiger partial charge in [0.2, 0.25) is 21.8 Å². The minimum absolute atomic E-state index is 0.0151. The van der Waals surface area contributed by atoms with Crippen LogP contribution in [0.3, 0.4) is 0 Å². The molecule has 1 aromatic rings. The third-order valence-electron chi connectivity index (χ3n) is 5.11. The Bertz CT molecular complexity index is 963. The van der Waals surface area contributed by atoms with E-state index in [1.165, 1.54) is 16.8 Å². The second-order valence-corrected chi connectivity index (χ2v) is 9.05. The standard InChI is InChI=1S/C18H22F2N4O5S/c1-21-12-17(26)24(18(21)27)6-2-3-16(25)22-7-9-23(10-8-22)30(28,29)15-5-4-13(19)11-14(15)20/h4-5,11H,2-3,6-10,12H2,1H3. The second-order valence-electron chi connectivity index (χ2n) is 7.15. The van der Waals surface area contributed by atoms with E-state index < -0.39 is 26.6 Å². The number of amides is 4. The van der Waals surface area contributed by atoms with Crippen LogP contribution in [0.1, 0.15) is 12.8 Å². The minimum atomic E-state index is -4.14. The summed E-state index contributed by atoms with van der Waals surface area (Å²) >= 11 is 0. The molecular weight excluding hydrogens is 422 g/mol. The van der Waals surface area contributed by atoms with Gasteiger partial charge in [0, 0.05) is 52.3 Å². The predicted octanol–water partition coefficient (Wildman–Crippen LogP) is 0.472. The maximum absolute atomic E-state index is 13.9. The van der Waals surface area contributed by atoms with E-state index in [1.807, 2.05) is 0 Å². The fourth-order valence-corrected chi connectivity index (χ4v) is 4.90. The van der Waals surface area contributed by atoms with E-state index in [0.29, 0.717) is 12.5 Å². The Morgan fingerprint density at radius 1 is 1.10 bits per heavy atom. The molecule has 9 nitrogen and oxygen atoms in total. The molecule has 0 saturated carbocycles. The molecule has 0 N–H and O–H groups in total. The number of piperazine rings is 1. The fourth-order valence-electron chi connectivity index (χ4n) is 3.44. The lowest BCUT2D eigenvalue weighted by molar-refractivity contribution is -0.133. The Morgan fingerprint density at radius 3 is 2.33 bits per heavy atom. The number of carbonyl (C=O) groups excluding carboxylic acids is 3. The predicted molar refractivity (Wildman–Crippen MR) is 101 cm³/mol. The third-order valence-corrected chi connectivity index (χ3v) is 7.04. The number of imide groups is 1. The van der Waals surface area contributed by atoms with Crippen LogP contribution in [0.25, 0.3) is 0 Å². The van der Waals surface area contributed by atoms with Crippen LogP contribution in [-0.2, 0) is 19.6 Å². The van der Waals surface area contributed by atoms with Gasteiger partial charge in [-0.1, -0.05) is 0 Å². The van der Waals surface area contributed by atoms with Gasteiger partial charge in [0.05, 0.1) is 0 Å². The summed E-state index contributed by atoms with van der Waals surface area (Å²) in [6.45, 7) is 0.401. The van der Waals surface area contributed by atoms with Crippen LogP contribution < -0.4 is 0 Å². The summed E-state index contributed by atoms with van der Waals surface area (Å²) in [5, 5.41) is 0. The Balaban J connectivity index is 1.50. The van der Waals surface area contributed by atoms with E-state index in [-0.39, 0.29) is 63.5 Å². The molecule has 2 aliphatic rings. The number of rotatable bonds is 6. The maximum atomic E-state index is 13.9. The number of hydrogen-bond donors (Lipinski definition) is 0. The molecule has 1 aromatic carbocycles. The summed E-state index contributed by atoms with van der Waals surface area (Å²) in [7, 11) is -2.61. The van der Waals surface area contributed by atoms with Crippen LogP contribution in [0.15, 0.2) is 23.1 Å². The molecule has 3 rings (SSSR count). The Labute approximate surface area is 172 Å². The molecule has 30 heavy (non-hydrogen) atoms. The van der Waals surface area contributed by atoms with E-state index in [4.69, 9.17) is 0 Å². The molecule has 2 aliphatic heterocycles. The summed E-state index contributed by atoms with van der Waals surface area (Å²) < 4.78 is 53.2. The maximum Gasteiger partial charge on any atom is 0.326 e. The monoisotopic (exact) mass is 444 g/mol. The van der Waals surface area contributed by atoms with Crippen molar-refractivity contribution >= 4 is 27.9 Å². The van der Waals surface area contributed by atoms with Crippen LogP contribution >= 0.6 is 0 Å². The van der Waals surface area contributed by atoms with E-state index in [9.17, 15) is 31.6 Å². The molecule has 0 aliphatic carbocycles. The van der Waals surface area contributed by atoms with Gasteiger partial charge < -0.3 is 9.80 Å². The number of halogens is 2. The highest BCUT2D eigenvalue weighted by Gasteiger charge is 2.34. The SMILES string of the molecule is CN1CC(=O)N(CCCC(=O)N2CCN(S(=O)(=O)c3ccc(F)cc3F)CC2)C1=O. The van der Waals surface area contributed by atoms with Gasteiger partial charge in [-0.05, 0) is 18.6 Å². The van der Waals surface area contributed by atoms with Gasteiger partial charge in [-0.25, -0.2) is 22.0 Å². The molecule has 0 bridgehead atoms. The lowest BCUT2D eigenvalue weighted by Crippen LogP contribution is -2.50. The van der Waals surface area contributed by atoms with E-state index in [0.717, 1.165) is 21.3 Å². The van der Waals surface area contributed by atoms with Crippen molar-refractivity contribution in [2.24, 2.45) is 0 Å².